The molecule has 0 spiro atoms. The van der Waals surface area contributed by atoms with Crippen LogP contribution < -0.4 is 47.0 Å². The van der Waals surface area contributed by atoms with Crippen LogP contribution in [0.15, 0.2) is 249 Å². The summed E-state index contributed by atoms with van der Waals surface area (Å²) in [5, 5.41) is 29.5. The molecule has 0 bridgehead atoms. The van der Waals surface area contributed by atoms with Crippen LogP contribution in [0.1, 0.15) is 4.11 Å². The molecule has 0 heterocycles. The molecule has 0 saturated carbocycles. The van der Waals surface area contributed by atoms with Crippen LogP contribution in [-0.4, -0.2) is 33.3 Å². The molecule has 0 saturated heterocycles. The molecule has 9 aromatic carbocycles. The first-order valence-corrected chi connectivity index (χ1v) is 23.9. The molecule has 0 aliphatic heterocycles. The predicted molar refractivity (Wildman–Crippen MR) is 254 cm³/mol. The Morgan fingerprint density at radius 3 is 0.864 bits per heavy atom. The van der Waals surface area contributed by atoms with Gasteiger partial charge in [0.2, 0.25) is 0 Å². The molecule has 0 aliphatic carbocycles. The van der Waals surface area contributed by atoms with Crippen molar-refractivity contribution < 1.29 is 14.2 Å². The van der Waals surface area contributed by atoms with Crippen molar-refractivity contribution >= 4 is 70.2 Å². The minimum absolute atomic E-state index is 0.0679. The Labute approximate surface area is 353 Å². The summed E-state index contributed by atoms with van der Waals surface area (Å²) in [6, 6.07) is 77.4. The second-order valence-corrected chi connectivity index (χ2v) is 22.2. The van der Waals surface area contributed by atoms with Crippen LogP contribution >= 0.6 is 0 Å². The third-order valence-corrected chi connectivity index (χ3v) is 20.6. The van der Waals surface area contributed by atoms with Gasteiger partial charge in [0.1, 0.15) is 0 Å². The van der Waals surface area contributed by atoms with Gasteiger partial charge in [-0.25, -0.2) is 0 Å². The fraction of sp³-hybridized carbons (Fsp3) is 0. The Bertz CT molecular complexity index is 2680. The Morgan fingerprint density at radius 2 is 0.559 bits per heavy atom. The SMILES string of the molecule is [2H]c1c(B(O)O)c([2H])c([Si](c2ccccc2)(c2ccccc2)c2cccc(-c3ccccc3)c2)c([2H])c1[Si](c1ccccc1)(c1ccccc1)c1cccc(-c2ccccc2)c1. The minimum Gasteiger partial charge on any atom is -0.423 e. The lowest BCUT2D eigenvalue weighted by atomic mass is 9.80. The predicted octanol–water partition coefficient (Wildman–Crippen LogP) is 5.46. The van der Waals surface area contributed by atoms with Crippen LogP contribution in [0.5, 0.6) is 0 Å². The second kappa shape index (κ2) is 16.7. The van der Waals surface area contributed by atoms with Gasteiger partial charge in [-0.3, -0.25) is 0 Å². The summed E-state index contributed by atoms with van der Waals surface area (Å²) in [5.74, 6) is 0. The van der Waals surface area contributed by atoms with E-state index in [2.05, 4.69) is 109 Å². The molecule has 59 heavy (non-hydrogen) atoms. The summed E-state index contributed by atoms with van der Waals surface area (Å²) in [5.41, 5.74) is 3.82. The normalized spacial score (nSPS) is 12.3. The van der Waals surface area contributed by atoms with E-state index in [9.17, 15) is 14.2 Å². The highest BCUT2D eigenvalue weighted by atomic mass is 28.3. The van der Waals surface area contributed by atoms with E-state index in [1.54, 1.807) is 0 Å². The Balaban J connectivity index is 1.51. The highest BCUT2D eigenvalue weighted by Gasteiger charge is 2.46. The van der Waals surface area contributed by atoms with Gasteiger partial charge in [0, 0.05) is 0 Å². The van der Waals surface area contributed by atoms with Crippen LogP contribution in [-0.2, 0) is 0 Å². The quantitative estimate of drug-likeness (QED) is 0.135. The molecule has 2 nitrogen and oxygen atoms in total. The van der Waals surface area contributed by atoms with Crippen LogP contribution in [0.25, 0.3) is 22.3 Å². The molecule has 0 atom stereocenters. The van der Waals surface area contributed by atoms with Gasteiger partial charge in [-0.05, 0) is 69.2 Å². The standard InChI is InChI=1S/C54H43BO2Si2/c56-55(57)46-39-53(58(47-27-11-3-12-28-47,48-29-13-4-14-30-48)51-35-19-25-44(37-51)42-21-7-1-8-22-42)41-54(40-46)59(49-31-15-5-16-32-49,50-33-17-6-18-34-50)52-36-20-26-45(38-52)43-23-9-2-10-24-43/h1-41,56-57H/i39D,40D,41D. The molecular weight excluding hydrogens is 748 g/mol. The first-order chi connectivity index (χ1) is 30.4. The zero-order valence-corrected chi connectivity index (χ0v) is 34.4. The molecule has 0 amide bonds. The van der Waals surface area contributed by atoms with Gasteiger partial charge in [-0.15, -0.1) is 0 Å². The van der Waals surface area contributed by atoms with Gasteiger partial charge in [0.15, 0.2) is 16.1 Å². The summed E-state index contributed by atoms with van der Waals surface area (Å²) in [4.78, 5) is 0. The van der Waals surface area contributed by atoms with Crippen LogP contribution in [0, 0.1) is 0 Å². The highest BCUT2D eigenvalue weighted by molar-refractivity contribution is 7.22. The largest absolute Gasteiger partial charge is 0.488 e. The fourth-order valence-corrected chi connectivity index (χ4v) is 18.1. The third kappa shape index (κ3) is 7.05. The van der Waals surface area contributed by atoms with E-state index in [0.29, 0.717) is 10.4 Å². The maximum atomic E-state index is 11.6. The molecular formula is C54H43BO2Si2. The van der Waals surface area contributed by atoms with Gasteiger partial charge >= 0.3 is 7.12 Å². The van der Waals surface area contributed by atoms with Crippen molar-refractivity contribution in [3.8, 4) is 22.3 Å². The number of hydrogen-bond acceptors (Lipinski definition) is 2. The van der Waals surface area contributed by atoms with Crippen molar-refractivity contribution in [1.82, 2.24) is 0 Å². The van der Waals surface area contributed by atoms with Gasteiger partial charge in [0.25, 0.3) is 0 Å². The van der Waals surface area contributed by atoms with Crippen molar-refractivity contribution in [2.24, 2.45) is 0 Å². The molecule has 0 radical (unpaired) electrons. The molecule has 0 fully saturated rings. The summed E-state index contributed by atoms with van der Waals surface area (Å²) in [7, 11) is -9.75. The molecule has 0 aliphatic rings. The smallest absolute Gasteiger partial charge is 0.423 e. The van der Waals surface area contributed by atoms with Crippen molar-refractivity contribution in [3.63, 3.8) is 0 Å². The van der Waals surface area contributed by atoms with Crippen LogP contribution in [0.2, 0.25) is 0 Å². The second-order valence-electron chi connectivity index (χ2n) is 14.8. The zero-order chi connectivity index (χ0) is 42.7. The summed E-state index contributed by atoms with van der Waals surface area (Å²) < 4.78 is 31.4. The monoisotopic (exact) mass is 793 g/mol. The first kappa shape index (κ1) is 34.4. The lowest BCUT2D eigenvalue weighted by Crippen LogP contribution is -2.78. The summed E-state index contributed by atoms with van der Waals surface area (Å²) in [6.07, 6.45) is 0. The average molecular weight is 794 g/mol. The van der Waals surface area contributed by atoms with Crippen molar-refractivity contribution in [3.05, 3.63) is 249 Å². The molecule has 5 heteroatoms. The van der Waals surface area contributed by atoms with E-state index in [4.69, 9.17) is 0 Å². The van der Waals surface area contributed by atoms with Crippen molar-refractivity contribution in [2.75, 3.05) is 0 Å². The van der Waals surface area contributed by atoms with Crippen molar-refractivity contribution in [2.45, 2.75) is 0 Å². The minimum atomic E-state index is -3.79. The Morgan fingerprint density at radius 1 is 0.288 bits per heavy atom. The number of hydrogen-bond donors (Lipinski definition) is 2. The number of benzene rings is 9. The molecule has 282 valence electrons. The van der Waals surface area contributed by atoms with Gasteiger partial charge in [0.05, 0.1) is 4.11 Å². The zero-order valence-electron chi connectivity index (χ0n) is 35.4. The lowest BCUT2D eigenvalue weighted by Gasteiger charge is -2.38. The lowest BCUT2D eigenvalue weighted by molar-refractivity contribution is 0.426. The first-order valence-electron chi connectivity index (χ1n) is 21.4. The average Bonchev–Trinajstić information content (AvgIpc) is 3.33. The van der Waals surface area contributed by atoms with Crippen molar-refractivity contribution in [1.29, 1.82) is 0 Å². The molecule has 0 aromatic heterocycles. The van der Waals surface area contributed by atoms with Gasteiger partial charge in [-0.2, -0.15) is 0 Å². The Hall–Kier alpha value is -6.60. The topological polar surface area (TPSA) is 40.5 Å². The maximum absolute atomic E-state index is 11.6. The van der Waals surface area contributed by atoms with Crippen LogP contribution in [0.3, 0.4) is 0 Å². The highest BCUT2D eigenvalue weighted by Crippen LogP contribution is 2.22. The summed E-state index contributed by atoms with van der Waals surface area (Å²) >= 11 is 0. The molecule has 9 aromatic rings. The van der Waals surface area contributed by atoms with E-state index in [1.807, 2.05) is 121 Å². The molecule has 0 unspecified atom stereocenters. The van der Waals surface area contributed by atoms with Gasteiger partial charge in [-0.1, -0.05) is 249 Å². The molecule has 9 rings (SSSR count). The molecule has 2 N–H and O–H groups in total. The maximum Gasteiger partial charge on any atom is 0.488 e. The van der Waals surface area contributed by atoms with Crippen LogP contribution in [0.4, 0.5) is 0 Å². The van der Waals surface area contributed by atoms with E-state index in [0.717, 1.165) is 53.4 Å². The Kier molecular flexibility index (Phi) is 9.75. The third-order valence-electron chi connectivity index (χ3n) is 11.4. The van der Waals surface area contributed by atoms with E-state index in [-0.39, 0.29) is 23.6 Å². The van der Waals surface area contributed by atoms with E-state index >= 15 is 0 Å². The van der Waals surface area contributed by atoms with E-state index < -0.39 is 23.3 Å². The van der Waals surface area contributed by atoms with Gasteiger partial charge < -0.3 is 10.0 Å². The number of rotatable bonds is 11. The van der Waals surface area contributed by atoms with E-state index in [1.165, 1.54) is 0 Å². The summed E-state index contributed by atoms with van der Waals surface area (Å²) in [6.45, 7) is 0. The fourth-order valence-electron chi connectivity index (χ4n) is 8.74.